The van der Waals surface area contributed by atoms with Gasteiger partial charge in [0.15, 0.2) is 5.78 Å². The summed E-state index contributed by atoms with van der Waals surface area (Å²) in [6.45, 7) is 3.28. The lowest BCUT2D eigenvalue weighted by Gasteiger charge is -2.06. The quantitative estimate of drug-likeness (QED) is 0.493. The normalized spacial score (nSPS) is 10.9. The van der Waals surface area contributed by atoms with Crippen LogP contribution in [0.2, 0.25) is 0 Å². The number of hydrogen-bond acceptors (Lipinski definition) is 4. The van der Waals surface area contributed by atoms with Crippen LogP contribution < -0.4 is 5.32 Å². The van der Waals surface area contributed by atoms with Crippen molar-refractivity contribution >= 4 is 17.4 Å². The van der Waals surface area contributed by atoms with Crippen LogP contribution in [0.3, 0.4) is 0 Å². The van der Waals surface area contributed by atoms with Crippen LogP contribution in [0.4, 0.5) is 5.69 Å². The number of carbonyl (C=O) groups is 2. The molecular formula is C13H15NO3. The van der Waals surface area contributed by atoms with Crippen molar-refractivity contribution in [3.05, 3.63) is 41.6 Å². The van der Waals surface area contributed by atoms with E-state index in [1.165, 1.54) is 20.1 Å². The molecule has 0 amide bonds. The van der Waals surface area contributed by atoms with Crippen molar-refractivity contribution in [3.8, 4) is 0 Å². The first kappa shape index (κ1) is 13.0. The molecule has 0 aliphatic heterocycles. The van der Waals surface area contributed by atoms with Gasteiger partial charge in [-0.05, 0) is 38.1 Å². The highest BCUT2D eigenvalue weighted by Gasteiger charge is 2.00. The van der Waals surface area contributed by atoms with Gasteiger partial charge < -0.3 is 10.1 Å². The third-order valence-electron chi connectivity index (χ3n) is 2.17. The van der Waals surface area contributed by atoms with E-state index in [9.17, 15) is 9.59 Å². The van der Waals surface area contributed by atoms with Crippen LogP contribution in [-0.2, 0) is 9.53 Å². The van der Waals surface area contributed by atoms with Crippen LogP contribution in [0.15, 0.2) is 36.0 Å². The predicted octanol–water partition coefficient (Wildman–Crippen LogP) is 2.38. The molecule has 0 aliphatic rings. The molecule has 4 heteroatoms. The van der Waals surface area contributed by atoms with Crippen molar-refractivity contribution in [2.24, 2.45) is 0 Å². The lowest BCUT2D eigenvalue weighted by atomic mass is 10.1. The molecule has 4 nitrogen and oxygen atoms in total. The number of nitrogens with one attached hydrogen (secondary N) is 1. The fourth-order valence-corrected chi connectivity index (χ4v) is 1.29. The zero-order chi connectivity index (χ0) is 12.8. The van der Waals surface area contributed by atoms with Gasteiger partial charge in [-0.1, -0.05) is 0 Å². The lowest BCUT2D eigenvalue weighted by molar-refractivity contribution is -0.134. The van der Waals surface area contributed by atoms with Crippen LogP contribution in [-0.4, -0.2) is 18.9 Å². The number of allylic oxidation sites excluding steroid dienone is 1. The standard InChI is InChI=1S/C13H15NO3/c1-9(8-13(16)17-3)14-12-6-4-11(5-7-12)10(2)15/h4-8,14H,1-3H3/b9-8+. The third kappa shape index (κ3) is 4.10. The molecule has 1 aromatic rings. The maximum atomic E-state index is 11.1. The molecule has 1 N–H and O–H groups in total. The van der Waals surface area contributed by atoms with E-state index < -0.39 is 5.97 Å². The summed E-state index contributed by atoms with van der Waals surface area (Å²) >= 11 is 0. The van der Waals surface area contributed by atoms with Gasteiger partial charge in [0.05, 0.1) is 7.11 Å². The summed E-state index contributed by atoms with van der Waals surface area (Å²) in [7, 11) is 1.33. The average Bonchev–Trinajstić information content (AvgIpc) is 2.29. The largest absolute Gasteiger partial charge is 0.466 e. The number of anilines is 1. The molecule has 0 spiro atoms. The SMILES string of the molecule is COC(=O)/C=C(\C)Nc1ccc(C(C)=O)cc1. The summed E-state index contributed by atoms with van der Waals surface area (Å²) in [5.74, 6) is -0.381. The first-order chi connectivity index (χ1) is 8.02. The van der Waals surface area contributed by atoms with Crippen LogP contribution in [0.25, 0.3) is 0 Å². The second kappa shape index (κ2) is 5.84. The van der Waals surface area contributed by atoms with Crippen molar-refractivity contribution in [3.63, 3.8) is 0 Å². The molecular weight excluding hydrogens is 218 g/mol. The Bertz CT molecular complexity index is 446. The molecule has 1 rings (SSSR count). The number of hydrogen-bond donors (Lipinski definition) is 1. The zero-order valence-electron chi connectivity index (χ0n) is 10.1. The van der Waals surface area contributed by atoms with E-state index in [1.807, 2.05) is 0 Å². The molecule has 0 saturated heterocycles. The first-order valence-corrected chi connectivity index (χ1v) is 5.17. The molecule has 0 aromatic heterocycles. The number of rotatable bonds is 4. The van der Waals surface area contributed by atoms with Gasteiger partial charge in [0.1, 0.15) is 0 Å². The van der Waals surface area contributed by atoms with Gasteiger partial charge in [0.2, 0.25) is 0 Å². The zero-order valence-corrected chi connectivity index (χ0v) is 10.1. The van der Waals surface area contributed by atoms with E-state index >= 15 is 0 Å². The molecule has 0 bridgehead atoms. The summed E-state index contributed by atoms with van der Waals surface area (Å²) in [6.07, 6.45) is 1.36. The Kier molecular flexibility index (Phi) is 4.46. The second-order valence-electron chi connectivity index (χ2n) is 3.61. The molecule has 0 atom stereocenters. The Morgan fingerprint density at radius 1 is 1.18 bits per heavy atom. The fourth-order valence-electron chi connectivity index (χ4n) is 1.29. The van der Waals surface area contributed by atoms with Gasteiger partial charge in [0.25, 0.3) is 0 Å². The van der Waals surface area contributed by atoms with Crippen LogP contribution in [0.5, 0.6) is 0 Å². The molecule has 0 fully saturated rings. The Labute approximate surface area is 100 Å². The highest BCUT2D eigenvalue weighted by molar-refractivity contribution is 5.94. The van der Waals surface area contributed by atoms with Crippen LogP contribution in [0.1, 0.15) is 24.2 Å². The number of methoxy groups -OCH3 is 1. The van der Waals surface area contributed by atoms with Crippen LogP contribution >= 0.6 is 0 Å². The molecule has 0 heterocycles. The van der Waals surface area contributed by atoms with Gasteiger partial charge in [0, 0.05) is 23.0 Å². The van der Waals surface area contributed by atoms with Crippen molar-refractivity contribution in [1.82, 2.24) is 0 Å². The summed E-state index contributed by atoms with van der Waals surface area (Å²) in [5.41, 5.74) is 2.14. The monoisotopic (exact) mass is 233 g/mol. The first-order valence-electron chi connectivity index (χ1n) is 5.17. The van der Waals surface area contributed by atoms with E-state index in [0.717, 1.165) is 5.69 Å². The predicted molar refractivity (Wildman–Crippen MR) is 65.8 cm³/mol. The van der Waals surface area contributed by atoms with E-state index in [2.05, 4.69) is 10.1 Å². The molecule has 0 unspecified atom stereocenters. The van der Waals surface area contributed by atoms with Crippen LogP contribution in [0, 0.1) is 0 Å². The number of carbonyl (C=O) groups excluding carboxylic acids is 2. The maximum Gasteiger partial charge on any atom is 0.332 e. The Hall–Kier alpha value is -2.10. The molecule has 1 aromatic carbocycles. The van der Waals surface area contributed by atoms with Gasteiger partial charge in [-0.25, -0.2) is 4.79 Å². The van der Waals surface area contributed by atoms with Gasteiger partial charge >= 0.3 is 5.97 Å². The molecule has 0 saturated carbocycles. The number of benzene rings is 1. The number of ketones is 1. The van der Waals surface area contributed by atoms with Crippen molar-refractivity contribution in [2.45, 2.75) is 13.8 Å². The van der Waals surface area contributed by atoms with Gasteiger partial charge in [-0.2, -0.15) is 0 Å². The maximum absolute atomic E-state index is 11.1. The second-order valence-corrected chi connectivity index (χ2v) is 3.61. The average molecular weight is 233 g/mol. The van der Waals surface area contributed by atoms with E-state index in [-0.39, 0.29) is 5.78 Å². The minimum Gasteiger partial charge on any atom is -0.466 e. The highest BCUT2D eigenvalue weighted by atomic mass is 16.5. The molecule has 90 valence electrons. The number of Topliss-reactive ketones (excluding diaryl/α,β-unsaturated/α-hetero) is 1. The molecule has 0 aliphatic carbocycles. The fraction of sp³-hybridized carbons (Fsp3) is 0.231. The summed E-state index contributed by atoms with van der Waals surface area (Å²) in [5, 5.41) is 3.02. The van der Waals surface area contributed by atoms with E-state index in [0.29, 0.717) is 11.3 Å². The molecule has 17 heavy (non-hydrogen) atoms. The van der Waals surface area contributed by atoms with Crippen molar-refractivity contribution in [2.75, 3.05) is 12.4 Å². The van der Waals surface area contributed by atoms with Crippen molar-refractivity contribution < 1.29 is 14.3 Å². The third-order valence-corrected chi connectivity index (χ3v) is 2.17. The minimum absolute atomic E-state index is 0.0263. The number of ether oxygens (including phenoxy) is 1. The van der Waals surface area contributed by atoms with Gasteiger partial charge in [-0.3, -0.25) is 4.79 Å². The number of esters is 1. The van der Waals surface area contributed by atoms with E-state index in [4.69, 9.17) is 0 Å². The summed E-state index contributed by atoms with van der Waals surface area (Å²) in [6, 6.07) is 7.03. The smallest absolute Gasteiger partial charge is 0.332 e. The Balaban J connectivity index is 2.72. The van der Waals surface area contributed by atoms with E-state index in [1.54, 1.807) is 31.2 Å². The van der Waals surface area contributed by atoms with Gasteiger partial charge in [-0.15, -0.1) is 0 Å². The highest BCUT2D eigenvalue weighted by Crippen LogP contribution is 2.12. The Morgan fingerprint density at radius 2 is 1.76 bits per heavy atom. The topological polar surface area (TPSA) is 55.4 Å². The Morgan fingerprint density at radius 3 is 2.24 bits per heavy atom. The summed E-state index contributed by atoms with van der Waals surface area (Å²) < 4.78 is 4.51. The lowest BCUT2D eigenvalue weighted by Crippen LogP contribution is -2.02. The molecule has 0 radical (unpaired) electrons. The summed E-state index contributed by atoms with van der Waals surface area (Å²) in [4.78, 5) is 22.0. The minimum atomic E-state index is -0.407. The van der Waals surface area contributed by atoms with Crippen molar-refractivity contribution in [1.29, 1.82) is 0 Å².